The average Bonchev–Trinajstić information content (AvgIpc) is 3.54. The van der Waals surface area contributed by atoms with Gasteiger partial charge in [0.1, 0.15) is 12.1 Å². The number of hydrogen-bond donors (Lipinski definition) is 2. The van der Waals surface area contributed by atoms with Crippen molar-refractivity contribution in [3.8, 4) is 0 Å². The Bertz CT molecular complexity index is 1880. The summed E-state index contributed by atoms with van der Waals surface area (Å²) in [5.74, 6) is -0.272. The number of nitrogens with one attached hydrogen (secondary N) is 2. The predicted octanol–water partition coefficient (Wildman–Crippen LogP) is 6.75. The van der Waals surface area contributed by atoms with E-state index in [9.17, 15) is 14.4 Å². The summed E-state index contributed by atoms with van der Waals surface area (Å²) in [4.78, 5) is 48.5. The third kappa shape index (κ3) is 4.65. The van der Waals surface area contributed by atoms with E-state index in [1.807, 2.05) is 48.5 Å². The van der Waals surface area contributed by atoms with Crippen molar-refractivity contribution < 1.29 is 14.4 Å². The summed E-state index contributed by atoms with van der Waals surface area (Å²) >= 11 is 0. The zero-order valence-corrected chi connectivity index (χ0v) is 24.8. The van der Waals surface area contributed by atoms with E-state index < -0.39 is 18.1 Å². The van der Waals surface area contributed by atoms with E-state index in [-0.39, 0.29) is 11.8 Å². The minimum atomic E-state index is -0.696. The Morgan fingerprint density at radius 2 is 1.59 bits per heavy atom. The van der Waals surface area contributed by atoms with Gasteiger partial charge in [0.15, 0.2) is 0 Å². The second-order valence-corrected chi connectivity index (χ2v) is 11.9. The predicted molar refractivity (Wildman–Crippen MR) is 172 cm³/mol. The third-order valence-electron chi connectivity index (χ3n) is 8.90. The maximum absolute atomic E-state index is 14.4. The van der Waals surface area contributed by atoms with Gasteiger partial charge in [-0.2, -0.15) is 0 Å². The highest BCUT2D eigenvalue weighted by Gasteiger charge is 2.53. The highest BCUT2D eigenvalue weighted by Crippen LogP contribution is 2.45. The highest BCUT2D eigenvalue weighted by atomic mass is 16.2. The van der Waals surface area contributed by atoms with Gasteiger partial charge in [-0.05, 0) is 52.8 Å². The molecule has 2 aliphatic rings. The van der Waals surface area contributed by atoms with Gasteiger partial charge in [-0.1, -0.05) is 98.8 Å². The number of hydrogen-bond acceptors (Lipinski definition) is 3. The van der Waals surface area contributed by atoms with Crippen molar-refractivity contribution in [2.45, 2.75) is 44.7 Å². The Kier molecular flexibility index (Phi) is 7.01. The van der Waals surface area contributed by atoms with Crippen LogP contribution in [-0.4, -0.2) is 40.3 Å². The van der Waals surface area contributed by atoms with Crippen molar-refractivity contribution in [1.82, 2.24) is 15.2 Å². The molecule has 0 unspecified atom stereocenters. The molecule has 0 radical (unpaired) electrons. The van der Waals surface area contributed by atoms with Gasteiger partial charge in [0.25, 0.3) is 11.8 Å². The molecule has 0 aliphatic carbocycles. The number of urea groups is 1. The van der Waals surface area contributed by atoms with Crippen molar-refractivity contribution in [2.24, 2.45) is 0 Å². The number of benzene rings is 4. The molecule has 0 saturated carbocycles. The summed E-state index contributed by atoms with van der Waals surface area (Å²) in [6.45, 7) is 4.73. The van der Waals surface area contributed by atoms with Crippen LogP contribution >= 0.6 is 0 Å². The molecule has 4 aromatic carbocycles. The first-order chi connectivity index (χ1) is 21.4. The second-order valence-electron chi connectivity index (χ2n) is 11.9. The van der Waals surface area contributed by atoms with Crippen LogP contribution in [0.3, 0.4) is 0 Å². The lowest BCUT2D eigenvalue weighted by molar-refractivity contribution is -0.120. The molecular weight excluding hydrogens is 548 g/mol. The minimum Gasteiger partial charge on any atom is -0.356 e. The van der Waals surface area contributed by atoms with Gasteiger partial charge >= 0.3 is 6.03 Å². The minimum absolute atomic E-state index is 0.295. The van der Waals surface area contributed by atoms with E-state index in [2.05, 4.69) is 54.5 Å². The monoisotopic (exact) mass is 582 g/mol. The van der Waals surface area contributed by atoms with Crippen molar-refractivity contribution in [3.63, 3.8) is 0 Å². The van der Waals surface area contributed by atoms with Gasteiger partial charge in [-0.3, -0.25) is 14.5 Å². The normalized spacial score (nSPS) is 17.7. The van der Waals surface area contributed by atoms with E-state index in [1.54, 1.807) is 29.2 Å². The lowest BCUT2D eigenvalue weighted by atomic mass is 9.88. The number of amides is 4. The molecule has 7 rings (SSSR count). The van der Waals surface area contributed by atoms with Gasteiger partial charge in [0.2, 0.25) is 0 Å². The molecule has 1 aromatic heterocycles. The lowest BCUT2D eigenvalue weighted by Crippen LogP contribution is -2.44. The number of carbonyl (C=O) groups is 3. The fourth-order valence-corrected chi connectivity index (χ4v) is 6.63. The number of aromatic amines is 1. The summed E-state index contributed by atoms with van der Waals surface area (Å²) in [5, 5.41) is 4.03. The molecule has 2 atom stereocenters. The molecule has 3 heterocycles. The molecule has 0 bridgehead atoms. The van der Waals surface area contributed by atoms with Gasteiger partial charge in [-0.25, -0.2) is 9.69 Å². The molecule has 44 heavy (non-hydrogen) atoms. The summed E-state index contributed by atoms with van der Waals surface area (Å²) < 4.78 is 0. The molecule has 1 fully saturated rings. The van der Waals surface area contributed by atoms with E-state index in [0.29, 0.717) is 36.6 Å². The van der Waals surface area contributed by atoms with Crippen molar-refractivity contribution >= 4 is 34.4 Å². The summed E-state index contributed by atoms with van der Waals surface area (Å²) in [5.41, 5.74) is 6.81. The number of anilines is 1. The van der Waals surface area contributed by atoms with E-state index >= 15 is 0 Å². The molecule has 4 amide bonds. The van der Waals surface area contributed by atoms with E-state index in [0.717, 1.165) is 33.3 Å². The smallest absolute Gasteiger partial charge is 0.332 e. The Hall–Kier alpha value is -5.17. The molecule has 2 aliphatic heterocycles. The van der Waals surface area contributed by atoms with Crippen LogP contribution in [0.2, 0.25) is 0 Å². The zero-order chi connectivity index (χ0) is 30.4. The standard InChI is InChI=1S/C37H34N4O3/c1-23(2)25-16-18-26(19-17-25)34-33-29(27-12-6-8-14-30(27)39-33)22-32-36(43)41(37(44)40(32)34)31-15-9-7-13-28(31)35(42)38-21-20-24-10-4-3-5-11-24/h3-19,23,32,34,39H,20-22H2,1-2H3,(H,38,42)/t32-,34+/m0/s1. The van der Waals surface area contributed by atoms with Crippen LogP contribution in [0.1, 0.15) is 64.1 Å². The average molecular weight is 583 g/mol. The fourth-order valence-electron chi connectivity index (χ4n) is 6.63. The number of nitrogens with zero attached hydrogens (tertiary/aromatic N) is 2. The quantitative estimate of drug-likeness (QED) is 0.208. The lowest BCUT2D eigenvalue weighted by Gasteiger charge is -2.36. The Balaban J connectivity index is 1.25. The van der Waals surface area contributed by atoms with Crippen molar-refractivity contribution in [2.75, 3.05) is 11.4 Å². The van der Waals surface area contributed by atoms with Crippen LogP contribution in [0.5, 0.6) is 0 Å². The number of imide groups is 1. The molecule has 7 heteroatoms. The molecule has 1 saturated heterocycles. The number of carbonyl (C=O) groups excluding carboxylic acids is 3. The van der Waals surface area contributed by atoms with Crippen molar-refractivity contribution in [3.05, 3.63) is 137 Å². The van der Waals surface area contributed by atoms with E-state index in [1.165, 1.54) is 10.5 Å². The van der Waals surface area contributed by atoms with Crippen LogP contribution < -0.4 is 10.2 Å². The van der Waals surface area contributed by atoms with Gasteiger partial charge in [0, 0.05) is 29.6 Å². The molecule has 5 aromatic rings. The number of rotatable bonds is 7. The first-order valence-corrected chi connectivity index (χ1v) is 15.2. The maximum Gasteiger partial charge on any atom is 0.332 e. The Labute approximate surface area is 256 Å². The molecule has 2 N–H and O–H groups in total. The number of para-hydroxylation sites is 2. The zero-order valence-electron chi connectivity index (χ0n) is 24.8. The molecule has 220 valence electrons. The van der Waals surface area contributed by atoms with Gasteiger partial charge in [-0.15, -0.1) is 0 Å². The summed E-state index contributed by atoms with van der Waals surface area (Å²) in [6.07, 6.45) is 1.07. The summed E-state index contributed by atoms with van der Waals surface area (Å²) in [6, 6.07) is 31.6. The fraction of sp³-hybridized carbons (Fsp3) is 0.216. The number of H-pyrrole nitrogens is 1. The maximum atomic E-state index is 14.4. The topological polar surface area (TPSA) is 85.5 Å². The Morgan fingerprint density at radius 1 is 0.886 bits per heavy atom. The van der Waals surface area contributed by atoms with Gasteiger partial charge in [0.05, 0.1) is 11.3 Å². The second kappa shape index (κ2) is 11.2. The molecule has 0 spiro atoms. The molecular formula is C37H34N4O3. The van der Waals surface area contributed by atoms with Crippen LogP contribution in [0.4, 0.5) is 10.5 Å². The van der Waals surface area contributed by atoms with Crippen LogP contribution in [0.25, 0.3) is 10.9 Å². The third-order valence-corrected chi connectivity index (χ3v) is 8.90. The number of aromatic nitrogens is 1. The molecule has 7 nitrogen and oxygen atoms in total. The van der Waals surface area contributed by atoms with Crippen LogP contribution in [0.15, 0.2) is 103 Å². The first kappa shape index (κ1) is 27.7. The largest absolute Gasteiger partial charge is 0.356 e. The van der Waals surface area contributed by atoms with Crippen molar-refractivity contribution in [1.29, 1.82) is 0 Å². The van der Waals surface area contributed by atoms with E-state index in [4.69, 9.17) is 0 Å². The highest BCUT2D eigenvalue weighted by molar-refractivity contribution is 6.24. The number of fused-ring (bicyclic) bond motifs is 4. The van der Waals surface area contributed by atoms with Crippen LogP contribution in [-0.2, 0) is 17.6 Å². The first-order valence-electron chi connectivity index (χ1n) is 15.2. The Morgan fingerprint density at radius 3 is 2.36 bits per heavy atom. The van der Waals surface area contributed by atoms with Gasteiger partial charge < -0.3 is 10.3 Å². The summed E-state index contributed by atoms with van der Waals surface area (Å²) in [7, 11) is 0. The SMILES string of the molecule is CC(C)c1ccc([C@@H]2c3[nH]c4ccccc4c3C[C@H]3C(=O)N(c4ccccc4C(=O)NCCc4ccccc4)C(=O)N23)cc1. The van der Waals surface area contributed by atoms with Crippen LogP contribution in [0, 0.1) is 0 Å².